The molecule has 0 fully saturated rings. The zero-order valence-electron chi connectivity index (χ0n) is 6.48. The fourth-order valence-corrected chi connectivity index (χ4v) is 1.10. The van der Waals surface area contributed by atoms with Crippen molar-refractivity contribution < 1.29 is 13.2 Å². The second-order valence-corrected chi connectivity index (χ2v) is 4.06. The van der Waals surface area contributed by atoms with Gasteiger partial charge in [0, 0.05) is 11.3 Å². The predicted octanol–water partition coefficient (Wildman–Crippen LogP) is 2.02. The summed E-state index contributed by atoms with van der Waals surface area (Å²) in [5.74, 6) is 0.193. The molecule has 0 aromatic rings. The highest BCUT2D eigenvalue weighted by molar-refractivity contribution is 7.99. The van der Waals surface area contributed by atoms with Crippen LogP contribution in [0, 0.1) is 0 Å². The molecule has 0 aliphatic rings. The number of hydrogen-bond acceptors (Lipinski definition) is 2. The Labute approximate surface area is 68.5 Å². The van der Waals surface area contributed by atoms with E-state index in [0.717, 1.165) is 0 Å². The lowest BCUT2D eigenvalue weighted by molar-refractivity contribution is 0.0952. The van der Waals surface area contributed by atoms with E-state index in [9.17, 15) is 13.2 Å². The van der Waals surface area contributed by atoms with Crippen molar-refractivity contribution in [2.75, 3.05) is 5.75 Å². The Balaban J connectivity index is 3.54. The molecule has 1 atom stereocenters. The number of alkyl halides is 3. The van der Waals surface area contributed by atoms with Crippen molar-refractivity contribution in [3.05, 3.63) is 0 Å². The van der Waals surface area contributed by atoms with Crippen molar-refractivity contribution in [2.45, 2.75) is 31.3 Å². The molecule has 0 rings (SSSR count). The summed E-state index contributed by atoms with van der Waals surface area (Å²) in [4.78, 5) is 0. The van der Waals surface area contributed by atoms with Gasteiger partial charge in [-0.1, -0.05) is 0 Å². The van der Waals surface area contributed by atoms with Crippen LogP contribution in [0.2, 0.25) is 0 Å². The van der Waals surface area contributed by atoms with Gasteiger partial charge in [0.1, 0.15) is 0 Å². The lowest BCUT2D eigenvalue weighted by Crippen LogP contribution is -2.35. The smallest absolute Gasteiger partial charge is 0.278 e. The number of nitrogens with two attached hydrogens (primary N) is 1. The maximum absolute atomic E-state index is 12.2. The summed E-state index contributed by atoms with van der Waals surface area (Å²) in [5.41, 5.74) is 2.75. The fourth-order valence-electron chi connectivity index (χ4n) is 0.367. The summed E-state index contributed by atoms with van der Waals surface area (Å²) in [6.07, 6.45) is -2.91. The van der Waals surface area contributed by atoms with Crippen LogP contribution in [0.15, 0.2) is 0 Å². The van der Waals surface area contributed by atoms with Gasteiger partial charge in [0.2, 0.25) is 5.50 Å². The van der Waals surface area contributed by atoms with Crippen molar-refractivity contribution in [3.8, 4) is 0 Å². The first-order valence-corrected chi connectivity index (χ1v) is 4.20. The fraction of sp³-hybridized carbons (Fsp3) is 1.00. The Kier molecular flexibility index (Phi) is 4.25. The Morgan fingerprint density at radius 3 is 2.09 bits per heavy atom. The summed E-state index contributed by atoms with van der Waals surface area (Å²) < 4.78 is 35.3. The molecule has 0 amide bonds. The van der Waals surface area contributed by atoms with Crippen molar-refractivity contribution in [3.63, 3.8) is 0 Å². The van der Waals surface area contributed by atoms with Gasteiger partial charge in [-0.25, -0.2) is 13.2 Å². The monoisotopic (exact) mass is 187 g/mol. The van der Waals surface area contributed by atoms with Crippen LogP contribution in [-0.4, -0.2) is 23.2 Å². The average Bonchev–Trinajstić information content (AvgIpc) is 1.80. The van der Waals surface area contributed by atoms with E-state index in [0.29, 0.717) is 11.8 Å². The van der Waals surface area contributed by atoms with Crippen molar-refractivity contribution in [1.29, 1.82) is 0 Å². The van der Waals surface area contributed by atoms with E-state index in [1.54, 1.807) is 13.8 Å². The van der Waals surface area contributed by atoms with Crippen molar-refractivity contribution in [1.82, 2.24) is 0 Å². The molecular formula is C6H12F3NS. The van der Waals surface area contributed by atoms with E-state index in [1.807, 2.05) is 0 Å². The van der Waals surface area contributed by atoms with Gasteiger partial charge in [-0.05, 0) is 13.8 Å². The van der Waals surface area contributed by atoms with Gasteiger partial charge in [0.05, 0.1) is 0 Å². The van der Waals surface area contributed by atoms with Gasteiger partial charge >= 0.3 is 0 Å². The van der Waals surface area contributed by atoms with E-state index >= 15 is 0 Å². The maximum Gasteiger partial charge on any atom is 0.278 e. The van der Waals surface area contributed by atoms with E-state index < -0.39 is 17.5 Å². The molecule has 0 aromatic carbocycles. The van der Waals surface area contributed by atoms with Gasteiger partial charge in [0.25, 0.3) is 6.43 Å². The SMILES string of the molecule is CC(C)(N)CSC(F)C(F)F. The first-order chi connectivity index (χ1) is 4.83. The molecule has 1 unspecified atom stereocenters. The third-order valence-electron chi connectivity index (χ3n) is 0.813. The second kappa shape index (κ2) is 4.21. The summed E-state index contributed by atoms with van der Waals surface area (Å²) in [6.45, 7) is 3.33. The van der Waals surface area contributed by atoms with Crippen LogP contribution >= 0.6 is 11.8 Å². The van der Waals surface area contributed by atoms with E-state index in [-0.39, 0.29) is 5.75 Å². The summed E-state index contributed by atoms with van der Waals surface area (Å²) >= 11 is 0.550. The quantitative estimate of drug-likeness (QED) is 0.728. The molecule has 11 heavy (non-hydrogen) atoms. The van der Waals surface area contributed by atoms with Crippen LogP contribution in [0.1, 0.15) is 13.8 Å². The third kappa shape index (κ3) is 6.50. The molecule has 0 spiro atoms. The molecule has 0 bridgehead atoms. The summed E-state index contributed by atoms with van der Waals surface area (Å²) in [5, 5.41) is 0. The number of rotatable bonds is 4. The predicted molar refractivity (Wildman–Crippen MR) is 41.6 cm³/mol. The lowest BCUT2D eigenvalue weighted by atomic mass is 10.1. The lowest BCUT2D eigenvalue weighted by Gasteiger charge is -2.18. The highest BCUT2D eigenvalue weighted by atomic mass is 32.2. The highest BCUT2D eigenvalue weighted by Gasteiger charge is 2.22. The molecule has 2 N–H and O–H groups in total. The molecule has 0 aliphatic heterocycles. The zero-order valence-corrected chi connectivity index (χ0v) is 7.30. The Hall–Kier alpha value is 0.100. The largest absolute Gasteiger partial charge is 0.325 e. The number of hydrogen-bond donors (Lipinski definition) is 1. The van der Waals surface area contributed by atoms with E-state index in [4.69, 9.17) is 5.73 Å². The molecule has 0 radical (unpaired) electrons. The topological polar surface area (TPSA) is 26.0 Å². The van der Waals surface area contributed by atoms with Gasteiger partial charge in [0.15, 0.2) is 0 Å². The summed E-state index contributed by atoms with van der Waals surface area (Å²) in [7, 11) is 0. The van der Waals surface area contributed by atoms with Crippen LogP contribution in [-0.2, 0) is 0 Å². The first-order valence-electron chi connectivity index (χ1n) is 3.15. The number of thioether (sulfide) groups is 1. The molecule has 68 valence electrons. The van der Waals surface area contributed by atoms with Gasteiger partial charge in [-0.15, -0.1) is 11.8 Å². The highest BCUT2D eigenvalue weighted by Crippen LogP contribution is 2.22. The molecule has 0 aliphatic carbocycles. The minimum absolute atomic E-state index is 0.193. The van der Waals surface area contributed by atoms with Crippen LogP contribution < -0.4 is 5.73 Å². The van der Waals surface area contributed by atoms with Crippen LogP contribution in [0.5, 0.6) is 0 Å². The molecule has 0 heterocycles. The molecule has 1 nitrogen and oxygen atoms in total. The van der Waals surface area contributed by atoms with Gasteiger partial charge in [-0.3, -0.25) is 0 Å². The molecule has 0 saturated heterocycles. The Morgan fingerprint density at radius 1 is 1.36 bits per heavy atom. The van der Waals surface area contributed by atoms with E-state index in [1.165, 1.54) is 0 Å². The van der Waals surface area contributed by atoms with Gasteiger partial charge < -0.3 is 5.73 Å². The molecular weight excluding hydrogens is 175 g/mol. The maximum atomic E-state index is 12.2. The molecule has 5 heteroatoms. The van der Waals surface area contributed by atoms with Crippen LogP contribution in [0.25, 0.3) is 0 Å². The van der Waals surface area contributed by atoms with Crippen molar-refractivity contribution in [2.24, 2.45) is 5.73 Å². The minimum Gasteiger partial charge on any atom is -0.325 e. The Morgan fingerprint density at radius 2 is 1.82 bits per heavy atom. The van der Waals surface area contributed by atoms with Crippen LogP contribution in [0.3, 0.4) is 0 Å². The van der Waals surface area contributed by atoms with E-state index in [2.05, 4.69) is 0 Å². The normalized spacial score (nSPS) is 15.5. The van der Waals surface area contributed by atoms with Crippen LogP contribution in [0.4, 0.5) is 13.2 Å². The second-order valence-electron chi connectivity index (χ2n) is 2.99. The third-order valence-corrected chi connectivity index (χ3v) is 2.25. The standard InChI is InChI=1S/C6H12F3NS/c1-6(2,10)3-11-5(9)4(7)8/h4-5H,3,10H2,1-2H3. The number of halogens is 3. The Bertz CT molecular complexity index is 113. The first kappa shape index (κ1) is 11.1. The minimum atomic E-state index is -2.91. The average molecular weight is 187 g/mol. The molecule has 0 aromatic heterocycles. The molecule has 0 saturated carbocycles. The van der Waals surface area contributed by atoms with Crippen molar-refractivity contribution >= 4 is 11.8 Å². The van der Waals surface area contributed by atoms with Gasteiger partial charge in [-0.2, -0.15) is 0 Å². The summed E-state index contributed by atoms with van der Waals surface area (Å²) in [6, 6.07) is 0. The zero-order chi connectivity index (χ0) is 9.07.